The molecule has 2 aliphatic rings. The summed E-state index contributed by atoms with van der Waals surface area (Å²) in [6, 6.07) is 12.6. The number of halogens is 1. The lowest BCUT2D eigenvalue weighted by molar-refractivity contribution is -0.117. The van der Waals surface area contributed by atoms with Crippen molar-refractivity contribution in [1.82, 2.24) is 10.1 Å². The van der Waals surface area contributed by atoms with Gasteiger partial charge in [0.1, 0.15) is 0 Å². The maximum atomic E-state index is 12.4. The second-order valence-electron chi connectivity index (χ2n) is 6.41. The number of hydrogen-bond acceptors (Lipinski definition) is 6. The van der Waals surface area contributed by atoms with Gasteiger partial charge in [-0.1, -0.05) is 16.8 Å². The summed E-state index contributed by atoms with van der Waals surface area (Å²) in [4.78, 5) is 18.6. The predicted molar refractivity (Wildman–Crippen MR) is 97.0 cm³/mol. The Morgan fingerprint density at radius 2 is 1.89 bits per heavy atom. The molecule has 0 bridgehead atoms. The zero-order valence-corrected chi connectivity index (χ0v) is 14.8. The SMILES string of the molecule is O=C1C[C@@H](c2noc(-c3ccc4c(c3)OCO4)n2)CN1c1ccc(Cl)cc1. The van der Waals surface area contributed by atoms with Crippen molar-refractivity contribution < 1.29 is 18.8 Å². The van der Waals surface area contributed by atoms with Crippen molar-refractivity contribution in [3.63, 3.8) is 0 Å². The first-order valence-corrected chi connectivity index (χ1v) is 8.85. The topological polar surface area (TPSA) is 77.7 Å². The molecule has 1 amide bonds. The number of benzene rings is 2. The molecule has 0 aliphatic carbocycles. The number of amides is 1. The molecule has 2 aliphatic heterocycles. The van der Waals surface area contributed by atoms with Gasteiger partial charge in [0, 0.05) is 35.2 Å². The van der Waals surface area contributed by atoms with E-state index in [-0.39, 0.29) is 18.6 Å². The Kier molecular flexibility index (Phi) is 3.75. The minimum absolute atomic E-state index is 0.0248. The Labute approximate surface area is 159 Å². The fraction of sp³-hybridized carbons (Fsp3) is 0.211. The molecule has 0 spiro atoms. The van der Waals surface area contributed by atoms with Crippen molar-refractivity contribution in [2.24, 2.45) is 0 Å². The summed E-state index contributed by atoms with van der Waals surface area (Å²) in [5, 5.41) is 4.72. The molecule has 0 unspecified atom stereocenters. The van der Waals surface area contributed by atoms with E-state index in [0.29, 0.717) is 41.2 Å². The predicted octanol–water partition coefficient (Wildman–Crippen LogP) is 3.64. The molecule has 3 aromatic rings. The fourth-order valence-corrected chi connectivity index (χ4v) is 3.42. The standard InChI is InChI=1S/C19H14ClN3O4/c20-13-2-4-14(5-3-13)23-9-12(8-17(23)24)18-21-19(27-22-18)11-1-6-15-16(7-11)26-10-25-15/h1-7,12H,8-10H2/t12-/m1/s1. The largest absolute Gasteiger partial charge is 0.454 e. The molecule has 0 radical (unpaired) electrons. The van der Waals surface area contributed by atoms with Crippen LogP contribution in [0.15, 0.2) is 47.0 Å². The molecule has 2 aromatic carbocycles. The molecule has 1 atom stereocenters. The average molecular weight is 384 g/mol. The van der Waals surface area contributed by atoms with E-state index in [2.05, 4.69) is 10.1 Å². The summed E-state index contributed by atoms with van der Waals surface area (Å²) < 4.78 is 16.1. The smallest absolute Gasteiger partial charge is 0.258 e. The van der Waals surface area contributed by atoms with Gasteiger partial charge in [-0.05, 0) is 42.5 Å². The molecule has 1 aromatic heterocycles. The summed E-state index contributed by atoms with van der Waals surface area (Å²) >= 11 is 5.92. The van der Waals surface area contributed by atoms with E-state index in [1.165, 1.54) is 0 Å². The number of hydrogen-bond donors (Lipinski definition) is 0. The first-order chi connectivity index (χ1) is 13.2. The van der Waals surface area contributed by atoms with Crippen LogP contribution in [0.1, 0.15) is 18.2 Å². The maximum Gasteiger partial charge on any atom is 0.258 e. The zero-order chi connectivity index (χ0) is 18.4. The van der Waals surface area contributed by atoms with Crippen molar-refractivity contribution in [3.8, 4) is 23.0 Å². The van der Waals surface area contributed by atoms with E-state index in [4.69, 9.17) is 25.6 Å². The lowest BCUT2D eigenvalue weighted by Crippen LogP contribution is -2.24. The zero-order valence-electron chi connectivity index (χ0n) is 14.1. The normalized spacial score (nSPS) is 18.3. The van der Waals surface area contributed by atoms with Gasteiger partial charge in [-0.3, -0.25) is 4.79 Å². The van der Waals surface area contributed by atoms with Gasteiger partial charge in [-0.15, -0.1) is 0 Å². The highest BCUT2D eigenvalue weighted by Crippen LogP contribution is 2.36. The van der Waals surface area contributed by atoms with Gasteiger partial charge in [0.15, 0.2) is 17.3 Å². The van der Waals surface area contributed by atoms with E-state index >= 15 is 0 Å². The van der Waals surface area contributed by atoms with Crippen LogP contribution in [0.3, 0.4) is 0 Å². The first kappa shape index (κ1) is 16.1. The Morgan fingerprint density at radius 3 is 2.74 bits per heavy atom. The van der Waals surface area contributed by atoms with Crippen LogP contribution in [-0.2, 0) is 4.79 Å². The van der Waals surface area contributed by atoms with Gasteiger partial charge in [0.2, 0.25) is 12.7 Å². The Bertz CT molecular complexity index is 1020. The highest BCUT2D eigenvalue weighted by atomic mass is 35.5. The lowest BCUT2D eigenvalue weighted by atomic mass is 10.1. The molecule has 1 saturated heterocycles. The minimum atomic E-state index is -0.125. The second-order valence-corrected chi connectivity index (χ2v) is 6.84. The van der Waals surface area contributed by atoms with Crippen LogP contribution >= 0.6 is 11.6 Å². The van der Waals surface area contributed by atoms with Gasteiger partial charge in [-0.25, -0.2) is 0 Å². The van der Waals surface area contributed by atoms with Crippen molar-refractivity contribution >= 4 is 23.2 Å². The summed E-state index contributed by atoms with van der Waals surface area (Å²) in [5.41, 5.74) is 1.56. The van der Waals surface area contributed by atoms with Crippen LogP contribution in [0.25, 0.3) is 11.5 Å². The third-order valence-electron chi connectivity index (χ3n) is 4.69. The Hall–Kier alpha value is -3.06. The maximum absolute atomic E-state index is 12.4. The third kappa shape index (κ3) is 2.90. The molecule has 0 saturated carbocycles. The second kappa shape index (κ2) is 6.28. The molecular formula is C19H14ClN3O4. The van der Waals surface area contributed by atoms with Crippen LogP contribution in [0.2, 0.25) is 5.02 Å². The molecule has 1 fully saturated rings. The van der Waals surface area contributed by atoms with Crippen molar-refractivity contribution in [1.29, 1.82) is 0 Å². The number of ether oxygens (including phenoxy) is 2. The van der Waals surface area contributed by atoms with Gasteiger partial charge >= 0.3 is 0 Å². The van der Waals surface area contributed by atoms with Gasteiger partial charge in [0.25, 0.3) is 5.89 Å². The lowest BCUT2D eigenvalue weighted by Gasteiger charge is -2.16. The van der Waals surface area contributed by atoms with Crippen molar-refractivity contribution in [3.05, 3.63) is 53.3 Å². The number of carbonyl (C=O) groups is 1. The molecule has 136 valence electrons. The monoisotopic (exact) mass is 383 g/mol. The van der Waals surface area contributed by atoms with Crippen LogP contribution in [0.5, 0.6) is 11.5 Å². The molecule has 27 heavy (non-hydrogen) atoms. The van der Waals surface area contributed by atoms with Gasteiger partial charge in [0.05, 0.1) is 0 Å². The fourth-order valence-electron chi connectivity index (χ4n) is 3.30. The molecule has 5 rings (SSSR count). The van der Waals surface area contributed by atoms with E-state index in [9.17, 15) is 4.79 Å². The van der Waals surface area contributed by atoms with Gasteiger partial charge < -0.3 is 18.9 Å². The summed E-state index contributed by atoms with van der Waals surface area (Å²) in [7, 11) is 0. The Morgan fingerprint density at radius 1 is 1.07 bits per heavy atom. The van der Waals surface area contributed by atoms with E-state index < -0.39 is 0 Å². The summed E-state index contributed by atoms with van der Waals surface area (Å²) in [6.07, 6.45) is 0.336. The van der Waals surface area contributed by atoms with Crippen LogP contribution in [-0.4, -0.2) is 29.4 Å². The molecular weight excluding hydrogens is 370 g/mol. The summed E-state index contributed by atoms with van der Waals surface area (Å²) in [5.74, 6) is 2.15. The van der Waals surface area contributed by atoms with Crippen molar-refractivity contribution in [2.45, 2.75) is 12.3 Å². The average Bonchev–Trinajstić information content (AvgIpc) is 3.41. The molecule has 3 heterocycles. The minimum Gasteiger partial charge on any atom is -0.454 e. The molecule has 0 N–H and O–H groups in total. The van der Waals surface area contributed by atoms with Crippen LogP contribution < -0.4 is 14.4 Å². The highest BCUT2D eigenvalue weighted by Gasteiger charge is 2.34. The van der Waals surface area contributed by atoms with E-state index in [1.807, 2.05) is 24.3 Å². The summed E-state index contributed by atoms with van der Waals surface area (Å²) in [6.45, 7) is 0.708. The molecule has 7 nitrogen and oxygen atoms in total. The first-order valence-electron chi connectivity index (χ1n) is 8.47. The number of nitrogens with zero attached hydrogens (tertiary/aromatic N) is 3. The quantitative estimate of drug-likeness (QED) is 0.687. The number of carbonyl (C=O) groups excluding carboxylic acids is 1. The van der Waals surface area contributed by atoms with Crippen LogP contribution in [0.4, 0.5) is 5.69 Å². The molecule has 8 heteroatoms. The van der Waals surface area contributed by atoms with Crippen molar-refractivity contribution in [2.75, 3.05) is 18.2 Å². The van der Waals surface area contributed by atoms with E-state index in [1.54, 1.807) is 23.1 Å². The third-order valence-corrected chi connectivity index (χ3v) is 4.94. The number of rotatable bonds is 3. The van der Waals surface area contributed by atoms with Gasteiger partial charge in [-0.2, -0.15) is 4.98 Å². The Balaban J connectivity index is 1.37. The van der Waals surface area contributed by atoms with E-state index in [0.717, 1.165) is 11.3 Å². The van der Waals surface area contributed by atoms with Crippen LogP contribution in [0, 0.1) is 0 Å². The number of anilines is 1. The number of fused-ring (bicyclic) bond motifs is 1. The number of aromatic nitrogens is 2. The highest BCUT2D eigenvalue weighted by molar-refractivity contribution is 6.30.